The fraction of sp³-hybridized carbons (Fsp3) is 0. The molecule has 0 saturated carbocycles. The van der Waals surface area contributed by atoms with Gasteiger partial charge in [0.1, 0.15) is 5.75 Å². The van der Waals surface area contributed by atoms with Crippen LogP contribution in [0.5, 0.6) is 5.75 Å². The van der Waals surface area contributed by atoms with Crippen LogP contribution in [0.4, 0.5) is 0 Å². The van der Waals surface area contributed by atoms with Crippen LogP contribution in [0, 0.1) is 0 Å². The van der Waals surface area contributed by atoms with Gasteiger partial charge in [-0.2, -0.15) is 0 Å². The largest absolute Gasteiger partial charge is 0.539 e. The molecule has 7 heteroatoms. The predicted molar refractivity (Wildman–Crippen MR) is 76.1 cm³/mol. The van der Waals surface area contributed by atoms with E-state index in [1.165, 1.54) is 24.3 Å². The Bertz CT molecular complexity index is 581. The Balaban J connectivity index is 2.17. The third-order valence-corrected chi connectivity index (χ3v) is 2.82. The molecule has 0 amide bonds. The molecule has 0 aliphatic carbocycles. The van der Waals surface area contributed by atoms with Crippen LogP contribution in [-0.4, -0.2) is 35.7 Å². The molecule has 2 rings (SSSR count). The second kappa shape index (κ2) is 6.38. The van der Waals surface area contributed by atoms with Gasteiger partial charge in [0.05, 0.1) is 0 Å². The van der Waals surface area contributed by atoms with Crippen LogP contribution in [0.3, 0.4) is 0 Å². The van der Waals surface area contributed by atoms with Gasteiger partial charge in [-0.15, -0.1) is 0 Å². The van der Waals surface area contributed by atoms with Gasteiger partial charge in [-0.05, 0) is 29.7 Å². The molecular formula is C13H12B2O5. The molecule has 100 valence electrons. The zero-order valence-corrected chi connectivity index (χ0v) is 10.6. The van der Waals surface area contributed by atoms with E-state index in [1.54, 1.807) is 24.3 Å². The number of hydrogen-bond acceptors (Lipinski definition) is 5. The van der Waals surface area contributed by atoms with Gasteiger partial charge in [0.2, 0.25) is 0 Å². The van der Waals surface area contributed by atoms with Crippen molar-refractivity contribution in [1.29, 1.82) is 0 Å². The van der Waals surface area contributed by atoms with Crippen molar-refractivity contribution in [2.75, 3.05) is 0 Å². The van der Waals surface area contributed by atoms with Crippen molar-refractivity contribution in [2.45, 2.75) is 0 Å². The fourth-order valence-corrected chi connectivity index (χ4v) is 1.75. The number of ketones is 1. The Morgan fingerprint density at radius 2 is 1.45 bits per heavy atom. The third kappa shape index (κ3) is 3.27. The molecule has 3 N–H and O–H groups in total. The minimum atomic E-state index is -1.55. The predicted octanol–water partition coefficient (Wildman–Crippen LogP) is -0.765. The summed E-state index contributed by atoms with van der Waals surface area (Å²) in [6.07, 6.45) is 0. The van der Waals surface area contributed by atoms with Crippen LogP contribution >= 0.6 is 0 Å². The molecule has 0 aliphatic rings. The summed E-state index contributed by atoms with van der Waals surface area (Å²) in [4.78, 5) is 12.2. The highest BCUT2D eigenvalue weighted by molar-refractivity contribution is 6.58. The Kier molecular flexibility index (Phi) is 4.57. The molecule has 0 heterocycles. The van der Waals surface area contributed by atoms with E-state index in [-0.39, 0.29) is 5.78 Å². The van der Waals surface area contributed by atoms with Gasteiger partial charge in [-0.3, -0.25) is 4.79 Å². The van der Waals surface area contributed by atoms with Gasteiger partial charge >= 0.3 is 14.8 Å². The van der Waals surface area contributed by atoms with E-state index in [2.05, 4.69) is 0 Å². The van der Waals surface area contributed by atoms with E-state index in [0.717, 1.165) is 0 Å². The van der Waals surface area contributed by atoms with E-state index in [1.807, 2.05) is 0 Å². The molecule has 0 unspecified atom stereocenters. The summed E-state index contributed by atoms with van der Waals surface area (Å²) in [5.74, 6) is 0.294. The molecule has 0 atom stereocenters. The summed E-state index contributed by atoms with van der Waals surface area (Å²) in [5.41, 5.74) is 1.26. The molecule has 0 radical (unpaired) electrons. The van der Waals surface area contributed by atoms with Crippen LogP contribution in [0.1, 0.15) is 15.9 Å². The first-order valence-electron chi connectivity index (χ1n) is 5.96. The maximum absolute atomic E-state index is 12.2. The molecule has 0 fully saturated rings. The summed E-state index contributed by atoms with van der Waals surface area (Å²) in [5, 5.41) is 26.6. The van der Waals surface area contributed by atoms with Crippen molar-refractivity contribution in [3.8, 4) is 5.75 Å². The quantitative estimate of drug-likeness (QED) is 0.490. The molecule has 0 bridgehead atoms. The summed E-state index contributed by atoms with van der Waals surface area (Å²) < 4.78 is 4.88. The van der Waals surface area contributed by atoms with E-state index in [0.29, 0.717) is 22.3 Å². The lowest BCUT2D eigenvalue weighted by Crippen LogP contribution is -2.29. The first-order valence-corrected chi connectivity index (χ1v) is 5.96. The molecule has 20 heavy (non-hydrogen) atoms. The fourth-order valence-electron chi connectivity index (χ4n) is 1.75. The smallest absolute Gasteiger partial charge is 0.504 e. The zero-order valence-electron chi connectivity index (χ0n) is 10.6. The highest BCUT2D eigenvalue weighted by Gasteiger charge is 2.13. The highest BCUT2D eigenvalue weighted by atomic mass is 16.5. The van der Waals surface area contributed by atoms with Gasteiger partial charge < -0.3 is 19.7 Å². The summed E-state index contributed by atoms with van der Waals surface area (Å²) in [7, 11) is -1.97. The zero-order chi connectivity index (χ0) is 14.5. The second-order valence-corrected chi connectivity index (χ2v) is 4.12. The van der Waals surface area contributed by atoms with Crippen molar-refractivity contribution < 1.29 is 24.5 Å². The second-order valence-electron chi connectivity index (χ2n) is 4.12. The molecular weight excluding hydrogens is 258 g/mol. The molecule has 0 aliphatic heterocycles. The Morgan fingerprint density at radius 1 is 0.950 bits per heavy atom. The summed E-state index contributed by atoms with van der Waals surface area (Å²) in [6, 6.07) is 12.4. The number of carbonyl (C=O) groups excluding carboxylic acids is 1. The van der Waals surface area contributed by atoms with Gasteiger partial charge in [-0.1, -0.05) is 24.3 Å². The molecule has 5 nitrogen and oxygen atoms in total. The summed E-state index contributed by atoms with van der Waals surface area (Å²) >= 11 is 0. The Morgan fingerprint density at radius 3 is 1.90 bits per heavy atom. The number of rotatable bonds is 5. The van der Waals surface area contributed by atoms with Crippen LogP contribution in [0.25, 0.3) is 0 Å². The van der Waals surface area contributed by atoms with Crippen molar-refractivity contribution in [2.24, 2.45) is 0 Å². The van der Waals surface area contributed by atoms with Crippen molar-refractivity contribution in [3.05, 3.63) is 59.7 Å². The Labute approximate surface area is 116 Å². The molecule has 2 aromatic rings. The third-order valence-electron chi connectivity index (χ3n) is 2.82. The van der Waals surface area contributed by atoms with E-state index in [4.69, 9.17) is 19.7 Å². The summed E-state index contributed by atoms with van der Waals surface area (Å²) in [6.45, 7) is 0. The minimum absolute atomic E-state index is 0.181. The highest BCUT2D eigenvalue weighted by Crippen LogP contribution is 2.14. The van der Waals surface area contributed by atoms with Crippen molar-refractivity contribution in [1.82, 2.24) is 0 Å². The molecule has 2 aromatic carbocycles. The maximum Gasteiger partial charge on any atom is 0.504 e. The van der Waals surface area contributed by atoms with Gasteiger partial charge in [0.25, 0.3) is 0 Å². The van der Waals surface area contributed by atoms with Crippen molar-refractivity contribution in [3.63, 3.8) is 0 Å². The van der Waals surface area contributed by atoms with Crippen LogP contribution in [0.15, 0.2) is 48.5 Å². The van der Waals surface area contributed by atoms with E-state index >= 15 is 0 Å². The van der Waals surface area contributed by atoms with Crippen LogP contribution in [-0.2, 0) is 0 Å². The van der Waals surface area contributed by atoms with Gasteiger partial charge in [0.15, 0.2) is 5.78 Å². The number of hydrogen-bond donors (Lipinski definition) is 3. The van der Waals surface area contributed by atoms with Gasteiger partial charge in [0, 0.05) is 11.1 Å². The topological polar surface area (TPSA) is 87.0 Å². The Hall–Kier alpha value is -2.08. The number of carbonyl (C=O) groups is 1. The standard InChI is InChI=1S/C13H12B2O5/c16-13(9-1-5-11(6-2-9)15(18)19)10-3-7-12(8-4-10)20-14-17/h1-8,14,17-19H. The van der Waals surface area contributed by atoms with Crippen LogP contribution in [0.2, 0.25) is 0 Å². The molecule has 0 spiro atoms. The molecule has 0 saturated heterocycles. The monoisotopic (exact) mass is 270 g/mol. The average molecular weight is 270 g/mol. The first kappa shape index (κ1) is 14.3. The lowest BCUT2D eigenvalue weighted by atomic mass is 9.80. The van der Waals surface area contributed by atoms with Gasteiger partial charge in [-0.25, -0.2) is 0 Å². The lowest BCUT2D eigenvalue weighted by Gasteiger charge is -2.05. The number of benzene rings is 2. The maximum atomic E-state index is 12.2. The minimum Gasteiger partial charge on any atom is -0.539 e. The SMILES string of the molecule is O=C(c1ccc(OBO)cc1)c1ccc(B(O)O)cc1. The molecule has 0 aromatic heterocycles. The van der Waals surface area contributed by atoms with Crippen LogP contribution < -0.4 is 10.1 Å². The van der Waals surface area contributed by atoms with Crippen molar-refractivity contribution >= 4 is 26.0 Å². The average Bonchev–Trinajstić information content (AvgIpc) is 2.48. The lowest BCUT2D eigenvalue weighted by molar-refractivity contribution is 0.103. The van der Waals surface area contributed by atoms with E-state index < -0.39 is 14.8 Å². The van der Waals surface area contributed by atoms with E-state index in [9.17, 15) is 4.79 Å². The normalized spacial score (nSPS) is 9.95. The first-order chi connectivity index (χ1) is 9.61.